The first-order valence-electron chi connectivity index (χ1n) is 12.5. The van der Waals surface area contributed by atoms with Crippen molar-refractivity contribution in [1.82, 2.24) is 29.1 Å². The van der Waals surface area contributed by atoms with Crippen molar-refractivity contribution in [2.45, 2.75) is 44.6 Å². The molecule has 1 amide bonds. The van der Waals surface area contributed by atoms with Crippen molar-refractivity contribution in [1.29, 1.82) is 5.26 Å². The van der Waals surface area contributed by atoms with Gasteiger partial charge in [-0.25, -0.2) is 19.9 Å². The number of nitrogens with one attached hydrogen (secondary N) is 1. The zero-order valence-corrected chi connectivity index (χ0v) is 21.1. The highest BCUT2D eigenvalue weighted by Crippen LogP contribution is 2.41. The lowest BCUT2D eigenvalue weighted by molar-refractivity contribution is 0.102. The van der Waals surface area contributed by atoms with E-state index in [4.69, 9.17) is 0 Å². The third-order valence-corrected chi connectivity index (χ3v) is 8.05. The maximum Gasteiger partial charge on any atom is 0.275 e. The molecule has 37 heavy (non-hydrogen) atoms. The highest BCUT2D eigenvalue weighted by atomic mass is 32.1. The fraction of sp³-hybridized carbons (Fsp3) is 0.385. The summed E-state index contributed by atoms with van der Waals surface area (Å²) in [4.78, 5) is 33.5. The van der Waals surface area contributed by atoms with Crippen LogP contribution < -0.4 is 10.2 Å². The molecule has 0 radical (unpaired) electrons. The predicted octanol–water partition coefficient (Wildman–Crippen LogP) is 4.40. The molecule has 5 heterocycles. The number of imidazole rings is 2. The van der Waals surface area contributed by atoms with Crippen LogP contribution in [0.5, 0.6) is 0 Å². The fourth-order valence-corrected chi connectivity index (χ4v) is 5.60. The van der Waals surface area contributed by atoms with Gasteiger partial charge in [-0.3, -0.25) is 4.79 Å². The van der Waals surface area contributed by atoms with Crippen LogP contribution in [0.2, 0.25) is 0 Å². The summed E-state index contributed by atoms with van der Waals surface area (Å²) in [6.07, 6.45) is 14.0. The summed E-state index contributed by atoms with van der Waals surface area (Å²) in [6, 6.07) is 4.68. The number of carbonyl (C=O) groups is 1. The zero-order chi connectivity index (χ0) is 25.1. The molecule has 1 aliphatic heterocycles. The van der Waals surface area contributed by atoms with Gasteiger partial charge in [-0.1, -0.05) is 0 Å². The lowest BCUT2D eigenvalue weighted by atomic mass is 9.83. The van der Waals surface area contributed by atoms with Gasteiger partial charge in [0.05, 0.1) is 41.1 Å². The van der Waals surface area contributed by atoms with E-state index in [1.807, 2.05) is 29.3 Å². The molecule has 7 rings (SSSR count). The average molecular weight is 512 g/mol. The Morgan fingerprint density at radius 3 is 2.78 bits per heavy atom. The SMILES string of the molecule is CC1(C#N)CN(c2cnc(C(=O)Nc3csc(-c4nccn4C4CC4)n3)cc2-n2cnc(C3CC3)c2)C1. The number of nitrogens with zero attached hydrogens (tertiary/aromatic N) is 8. The Bertz CT molecular complexity index is 1550. The number of hydrogen-bond donors (Lipinski definition) is 1. The Kier molecular flexibility index (Phi) is 4.94. The van der Waals surface area contributed by atoms with Gasteiger partial charge in [-0.05, 0) is 38.7 Å². The summed E-state index contributed by atoms with van der Waals surface area (Å²) in [5, 5.41) is 15.0. The van der Waals surface area contributed by atoms with E-state index in [2.05, 4.69) is 40.8 Å². The summed E-state index contributed by atoms with van der Waals surface area (Å²) in [6.45, 7) is 3.19. The number of thiazole rings is 1. The molecule has 3 aliphatic rings. The first-order valence-corrected chi connectivity index (χ1v) is 13.4. The van der Waals surface area contributed by atoms with E-state index < -0.39 is 0 Å². The van der Waals surface area contributed by atoms with Crippen LogP contribution in [0.4, 0.5) is 11.5 Å². The van der Waals surface area contributed by atoms with Crippen LogP contribution in [0.15, 0.2) is 42.6 Å². The molecule has 1 N–H and O–H groups in total. The normalized spacial score (nSPS) is 18.3. The molecule has 11 heteroatoms. The van der Waals surface area contributed by atoms with Crippen LogP contribution in [0.25, 0.3) is 16.5 Å². The fourth-order valence-electron chi connectivity index (χ4n) is 4.85. The number of aromatic nitrogens is 6. The largest absolute Gasteiger partial charge is 0.365 e. The molecule has 0 bridgehead atoms. The van der Waals surface area contributed by atoms with Crippen molar-refractivity contribution in [3.63, 3.8) is 0 Å². The first-order chi connectivity index (χ1) is 18.0. The number of nitriles is 1. The highest BCUT2D eigenvalue weighted by Gasteiger charge is 2.40. The second-order valence-electron chi connectivity index (χ2n) is 10.4. The number of amides is 1. The minimum Gasteiger partial charge on any atom is -0.365 e. The molecular weight excluding hydrogens is 486 g/mol. The Morgan fingerprint density at radius 2 is 2.03 bits per heavy atom. The summed E-state index contributed by atoms with van der Waals surface area (Å²) in [5.74, 6) is 1.51. The summed E-state index contributed by atoms with van der Waals surface area (Å²) < 4.78 is 4.12. The van der Waals surface area contributed by atoms with Crippen molar-refractivity contribution >= 4 is 28.7 Å². The summed E-state index contributed by atoms with van der Waals surface area (Å²) in [5.41, 5.74) is 2.69. The topological polar surface area (TPSA) is 118 Å². The summed E-state index contributed by atoms with van der Waals surface area (Å²) >= 11 is 1.46. The van der Waals surface area contributed by atoms with Crippen molar-refractivity contribution in [3.8, 4) is 22.6 Å². The second kappa shape index (κ2) is 8.24. The number of hydrogen-bond acceptors (Lipinski definition) is 8. The van der Waals surface area contributed by atoms with Gasteiger partial charge in [-0.15, -0.1) is 11.3 Å². The van der Waals surface area contributed by atoms with Crippen LogP contribution in [0.3, 0.4) is 0 Å². The van der Waals surface area contributed by atoms with Gasteiger partial charge < -0.3 is 19.4 Å². The van der Waals surface area contributed by atoms with E-state index in [1.165, 1.54) is 11.3 Å². The van der Waals surface area contributed by atoms with Crippen molar-refractivity contribution in [2.24, 2.45) is 5.41 Å². The van der Waals surface area contributed by atoms with Crippen molar-refractivity contribution in [2.75, 3.05) is 23.3 Å². The number of pyridine rings is 1. The Labute approximate surface area is 217 Å². The number of rotatable bonds is 7. The molecule has 2 saturated carbocycles. The Hall–Kier alpha value is -4.04. The minimum absolute atomic E-state index is 0.290. The first kappa shape index (κ1) is 22.2. The third kappa shape index (κ3) is 4.07. The van der Waals surface area contributed by atoms with Gasteiger partial charge in [-0.2, -0.15) is 5.26 Å². The lowest BCUT2D eigenvalue weighted by Gasteiger charge is -2.45. The average Bonchev–Trinajstić information content (AvgIpc) is 3.77. The van der Waals surface area contributed by atoms with E-state index >= 15 is 0 Å². The van der Waals surface area contributed by atoms with Crippen LogP contribution in [-0.2, 0) is 0 Å². The maximum absolute atomic E-state index is 13.2. The Balaban J connectivity index is 1.15. The van der Waals surface area contributed by atoms with E-state index in [-0.39, 0.29) is 17.0 Å². The van der Waals surface area contributed by atoms with Gasteiger partial charge in [0.1, 0.15) is 11.5 Å². The van der Waals surface area contributed by atoms with Gasteiger partial charge in [0.2, 0.25) is 0 Å². The van der Waals surface area contributed by atoms with Crippen LogP contribution in [0.1, 0.15) is 60.7 Å². The van der Waals surface area contributed by atoms with Crippen molar-refractivity contribution in [3.05, 3.63) is 53.9 Å². The van der Waals surface area contributed by atoms with Crippen LogP contribution in [0, 0.1) is 16.7 Å². The standard InChI is InChI=1S/C26H25N9OS/c1-26(12-27)13-34(14-26)21-9-29-18(8-20(21)33-10-19(30-15-33)16-2-3-16)24(36)31-22-11-37-25(32-22)23-28-6-7-35(23)17-4-5-17/h6-11,15-17H,2-5,13-14H2,1H3,(H,31,36). The molecule has 10 nitrogen and oxygen atoms in total. The highest BCUT2D eigenvalue weighted by molar-refractivity contribution is 7.13. The number of carbonyl (C=O) groups excluding carboxylic acids is 1. The molecular formula is C26H25N9OS. The van der Waals surface area contributed by atoms with E-state index in [1.54, 1.807) is 24.8 Å². The molecule has 4 aromatic rings. The minimum atomic E-state index is -0.377. The van der Waals surface area contributed by atoms with Crippen molar-refractivity contribution < 1.29 is 4.79 Å². The van der Waals surface area contributed by atoms with Gasteiger partial charge in [0.25, 0.3) is 5.91 Å². The molecule has 0 spiro atoms. The smallest absolute Gasteiger partial charge is 0.275 e. The predicted molar refractivity (Wildman–Crippen MR) is 139 cm³/mol. The molecule has 0 atom stereocenters. The summed E-state index contributed by atoms with van der Waals surface area (Å²) in [7, 11) is 0. The van der Waals surface area contributed by atoms with Crippen LogP contribution in [-0.4, -0.2) is 48.1 Å². The van der Waals surface area contributed by atoms with E-state index in [9.17, 15) is 10.1 Å². The molecule has 1 saturated heterocycles. The molecule has 2 aliphatic carbocycles. The Morgan fingerprint density at radius 1 is 1.19 bits per heavy atom. The molecule has 3 fully saturated rings. The quantitative estimate of drug-likeness (QED) is 0.391. The zero-order valence-electron chi connectivity index (χ0n) is 20.3. The molecule has 4 aromatic heterocycles. The molecule has 0 unspecified atom stereocenters. The lowest BCUT2D eigenvalue weighted by Crippen LogP contribution is -2.54. The van der Waals surface area contributed by atoms with Gasteiger partial charge >= 0.3 is 0 Å². The monoisotopic (exact) mass is 511 g/mol. The van der Waals surface area contributed by atoms with Crippen LogP contribution >= 0.6 is 11.3 Å². The number of anilines is 2. The van der Waals surface area contributed by atoms with Gasteiger partial charge in [0, 0.05) is 49.0 Å². The third-order valence-electron chi connectivity index (χ3n) is 7.21. The van der Waals surface area contributed by atoms with E-state index in [0.29, 0.717) is 30.9 Å². The molecule has 186 valence electrons. The maximum atomic E-state index is 13.2. The van der Waals surface area contributed by atoms with Gasteiger partial charge in [0.15, 0.2) is 10.8 Å². The second-order valence-corrected chi connectivity index (χ2v) is 11.3. The van der Waals surface area contributed by atoms with E-state index in [0.717, 1.165) is 53.6 Å². The molecule has 0 aromatic carbocycles.